The fourth-order valence-corrected chi connectivity index (χ4v) is 3.89. The lowest BCUT2D eigenvalue weighted by atomic mass is 10.0. The van der Waals surface area contributed by atoms with Crippen molar-refractivity contribution in [2.24, 2.45) is 7.05 Å². The Morgan fingerprint density at radius 3 is 2.75 bits per heavy atom. The van der Waals surface area contributed by atoms with Crippen molar-refractivity contribution < 1.29 is 14.6 Å². The Hall–Kier alpha value is -4.23. The molecule has 0 radical (unpaired) electrons. The van der Waals surface area contributed by atoms with Gasteiger partial charge in [0.05, 0.1) is 36.6 Å². The van der Waals surface area contributed by atoms with Crippen LogP contribution in [0.15, 0.2) is 49.2 Å². The summed E-state index contributed by atoms with van der Waals surface area (Å²) in [6.07, 6.45) is 7.98. The minimum atomic E-state index is -0.981. The van der Waals surface area contributed by atoms with Crippen LogP contribution in [-0.4, -0.2) is 61.3 Å². The van der Waals surface area contributed by atoms with E-state index in [0.717, 1.165) is 22.3 Å². The summed E-state index contributed by atoms with van der Waals surface area (Å²) in [4.78, 5) is 17.7. The van der Waals surface area contributed by atoms with Crippen molar-refractivity contribution in [3.63, 3.8) is 0 Å². The van der Waals surface area contributed by atoms with Gasteiger partial charge in [0.2, 0.25) is 0 Å². The number of nitrogens with zero attached hydrogens (tertiary/aromatic N) is 7. The number of carbonyl (C=O) groups is 1. The number of ether oxygens (including phenoxy) is 1. The number of aliphatic carboxylic acids is 1. The van der Waals surface area contributed by atoms with Crippen LogP contribution in [0.3, 0.4) is 0 Å². The molecule has 160 valence electrons. The first-order chi connectivity index (χ1) is 15.5. The second-order valence-corrected chi connectivity index (χ2v) is 7.56. The number of nitriles is 1. The highest BCUT2D eigenvalue weighted by Gasteiger charge is 2.27. The summed E-state index contributed by atoms with van der Waals surface area (Å²) in [5, 5.41) is 27.4. The molecule has 4 aromatic rings. The van der Waals surface area contributed by atoms with E-state index in [4.69, 9.17) is 4.74 Å². The number of rotatable bonds is 4. The number of morpholine rings is 1. The molecule has 1 aliphatic rings. The Labute approximate surface area is 182 Å². The molecule has 1 aliphatic heterocycles. The zero-order valence-electron chi connectivity index (χ0n) is 17.2. The first kappa shape index (κ1) is 19.7. The van der Waals surface area contributed by atoms with E-state index in [0.29, 0.717) is 30.0 Å². The zero-order valence-corrected chi connectivity index (χ0v) is 17.2. The van der Waals surface area contributed by atoms with Crippen LogP contribution >= 0.6 is 0 Å². The van der Waals surface area contributed by atoms with E-state index in [1.54, 1.807) is 27.8 Å². The largest absolute Gasteiger partial charge is 0.479 e. The standard InChI is InChI=1S/C22H19N7O3/c1-27-11-17(10-25-27)15-6-18(21-16(7-23)9-26-29(21)12-15)14-2-3-20(24-8-14)28-4-5-32-19(13-28)22(30)31/h2-3,6,8-12,19H,4-5,13H2,1H3,(H,30,31)/t19-/m0/s1. The smallest absolute Gasteiger partial charge is 0.334 e. The van der Waals surface area contributed by atoms with E-state index >= 15 is 0 Å². The number of aromatic nitrogens is 5. The number of anilines is 1. The van der Waals surface area contributed by atoms with E-state index in [1.165, 1.54) is 0 Å². The Morgan fingerprint density at radius 2 is 2.06 bits per heavy atom. The van der Waals surface area contributed by atoms with Gasteiger partial charge in [-0.15, -0.1) is 0 Å². The van der Waals surface area contributed by atoms with Crippen molar-refractivity contribution in [2.75, 3.05) is 24.6 Å². The van der Waals surface area contributed by atoms with Crippen LogP contribution in [-0.2, 0) is 16.6 Å². The molecule has 0 unspecified atom stereocenters. The van der Waals surface area contributed by atoms with Gasteiger partial charge in [0.1, 0.15) is 11.9 Å². The number of fused-ring (bicyclic) bond motifs is 1. The molecular weight excluding hydrogens is 410 g/mol. The lowest BCUT2D eigenvalue weighted by molar-refractivity contribution is -0.150. The summed E-state index contributed by atoms with van der Waals surface area (Å²) in [6.45, 7) is 1.14. The summed E-state index contributed by atoms with van der Waals surface area (Å²) in [5.41, 5.74) is 4.66. The Kier molecular flexibility index (Phi) is 4.80. The second kappa shape index (κ2) is 7.79. The van der Waals surface area contributed by atoms with Crippen molar-refractivity contribution in [1.29, 1.82) is 5.26 Å². The third-order valence-corrected chi connectivity index (χ3v) is 5.50. The Morgan fingerprint density at radius 1 is 1.19 bits per heavy atom. The second-order valence-electron chi connectivity index (χ2n) is 7.56. The molecule has 1 N–H and O–H groups in total. The Balaban J connectivity index is 1.56. The third kappa shape index (κ3) is 3.44. The number of carboxylic acid groups (broad SMARTS) is 1. The number of pyridine rings is 2. The zero-order chi connectivity index (χ0) is 22.2. The van der Waals surface area contributed by atoms with E-state index in [-0.39, 0.29) is 6.54 Å². The molecule has 0 aromatic carbocycles. The molecule has 0 bridgehead atoms. The lowest BCUT2D eigenvalue weighted by Crippen LogP contribution is -2.46. The maximum absolute atomic E-state index is 11.3. The van der Waals surface area contributed by atoms with Crippen molar-refractivity contribution in [2.45, 2.75) is 6.10 Å². The van der Waals surface area contributed by atoms with Gasteiger partial charge in [-0.3, -0.25) is 4.68 Å². The molecule has 0 amide bonds. The van der Waals surface area contributed by atoms with E-state index in [1.807, 2.05) is 42.5 Å². The van der Waals surface area contributed by atoms with Crippen LogP contribution in [0.4, 0.5) is 5.82 Å². The van der Waals surface area contributed by atoms with Crippen LogP contribution in [0.25, 0.3) is 27.8 Å². The van der Waals surface area contributed by atoms with Gasteiger partial charge >= 0.3 is 5.97 Å². The van der Waals surface area contributed by atoms with E-state index in [2.05, 4.69) is 21.3 Å². The van der Waals surface area contributed by atoms with E-state index in [9.17, 15) is 15.2 Å². The average molecular weight is 429 g/mol. The molecule has 5 rings (SSSR count). The van der Waals surface area contributed by atoms with Crippen molar-refractivity contribution in [3.8, 4) is 28.3 Å². The van der Waals surface area contributed by atoms with Crippen molar-refractivity contribution in [1.82, 2.24) is 24.4 Å². The summed E-state index contributed by atoms with van der Waals surface area (Å²) in [7, 11) is 1.85. The predicted molar refractivity (Wildman–Crippen MR) is 115 cm³/mol. The number of carboxylic acids is 1. The molecule has 1 saturated heterocycles. The highest BCUT2D eigenvalue weighted by atomic mass is 16.5. The van der Waals surface area contributed by atoms with Crippen molar-refractivity contribution in [3.05, 3.63) is 54.7 Å². The van der Waals surface area contributed by atoms with Crippen molar-refractivity contribution >= 4 is 17.3 Å². The Bertz CT molecular complexity index is 1350. The topological polar surface area (TPSA) is 122 Å². The maximum Gasteiger partial charge on any atom is 0.334 e. The molecule has 5 heterocycles. The average Bonchev–Trinajstić information content (AvgIpc) is 3.44. The molecule has 10 heteroatoms. The third-order valence-electron chi connectivity index (χ3n) is 5.50. The van der Waals surface area contributed by atoms with E-state index < -0.39 is 12.1 Å². The van der Waals surface area contributed by atoms with Gasteiger partial charge in [0, 0.05) is 54.4 Å². The summed E-state index contributed by atoms with van der Waals surface area (Å²) in [5.74, 6) is -0.303. The molecule has 10 nitrogen and oxygen atoms in total. The van der Waals surface area contributed by atoms with Gasteiger partial charge in [0.25, 0.3) is 0 Å². The molecule has 1 atom stereocenters. The SMILES string of the molecule is Cn1cc(-c2cc(-c3ccc(N4CCO[C@H](C(=O)O)C4)nc3)c3c(C#N)cnn3c2)cn1. The van der Waals surface area contributed by atoms with Gasteiger partial charge in [-0.2, -0.15) is 15.5 Å². The number of hydrogen-bond donors (Lipinski definition) is 1. The number of aryl methyl sites for hydroxylation is 1. The van der Waals surface area contributed by atoms with Crippen LogP contribution in [0.2, 0.25) is 0 Å². The minimum absolute atomic E-state index is 0.240. The lowest BCUT2D eigenvalue weighted by Gasteiger charge is -2.31. The maximum atomic E-state index is 11.3. The summed E-state index contributed by atoms with van der Waals surface area (Å²) < 4.78 is 8.72. The number of hydrogen-bond acceptors (Lipinski definition) is 7. The van der Waals surface area contributed by atoms with Crippen LogP contribution in [0.5, 0.6) is 0 Å². The van der Waals surface area contributed by atoms with Gasteiger partial charge in [-0.1, -0.05) is 0 Å². The molecular formula is C22H19N7O3. The highest BCUT2D eigenvalue weighted by molar-refractivity contribution is 5.87. The van der Waals surface area contributed by atoms with Gasteiger partial charge in [-0.25, -0.2) is 14.3 Å². The monoisotopic (exact) mass is 429 g/mol. The quantitative estimate of drug-likeness (QED) is 0.522. The first-order valence-corrected chi connectivity index (χ1v) is 10.00. The van der Waals surface area contributed by atoms with Crippen LogP contribution in [0.1, 0.15) is 5.56 Å². The van der Waals surface area contributed by atoms with Gasteiger partial charge < -0.3 is 14.7 Å². The molecule has 1 fully saturated rings. The fraction of sp³-hybridized carbons (Fsp3) is 0.227. The predicted octanol–water partition coefficient (Wildman–Crippen LogP) is 1.96. The van der Waals surface area contributed by atoms with Gasteiger partial charge in [0.15, 0.2) is 6.10 Å². The first-order valence-electron chi connectivity index (χ1n) is 10.00. The molecule has 32 heavy (non-hydrogen) atoms. The summed E-state index contributed by atoms with van der Waals surface area (Å²) >= 11 is 0. The normalized spacial score (nSPS) is 16.2. The molecule has 0 spiro atoms. The highest BCUT2D eigenvalue weighted by Crippen LogP contribution is 2.32. The fourth-order valence-electron chi connectivity index (χ4n) is 3.89. The van der Waals surface area contributed by atoms with Crippen LogP contribution in [0, 0.1) is 11.3 Å². The van der Waals surface area contributed by atoms with Crippen LogP contribution < -0.4 is 4.90 Å². The molecule has 0 saturated carbocycles. The summed E-state index contributed by atoms with van der Waals surface area (Å²) in [6, 6.07) is 7.98. The molecule has 4 aromatic heterocycles. The minimum Gasteiger partial charge on any atom is -0.479 e. The molecule has 0 aliphatic carbocycles. The van der Waals surface area contributed by atoms with Gasteiger partial charge in [-0.05, 0) is 18.2 Å².